The molecule has 3 nitrogen and oxygen atoms in total. The topological polar surface area (TPSA) is 42.9 Å². The summed E-state index contributed by atoms with van der Waals surface area (Å²) in [5.41, 5.74) is 2.53. The highest BCUT2D eigenvalue weighted by Crippen LogP contribution is 2.07. The maximum Gasteiger partial charge on any atom is 0.168 e. The number of benzene rings is 1. The molecule has 0 fully saturated rings. The van der Waals surface area contributed by atoms with Crippen LogP contribution < -0.4 is 0 Å². The van der Waals surface area contributed by atoms with Crippen LogP contribution in [0.25, 0.3) is 0 Å². The largest absolute Gasteiger partial charge is 0.294 e. The van der Waals surface area contributed by atoms with Crippen molar-refractivity contribution in [2.75, 3.05) is 0 Å². The summed E-state index contributed by atoms with van der Waals surface area (Å²) in [5.74, 6) is 0.0942. The molecule has 0 aliphatic rings. The predicted molar refractivity (Wildman–Crippen MR) is 70.5 cm³/mol. The highest BCUT2D eigenvalue weighted by atomic mass is 16.1. The summed E-state index contributed by atoms with van der Waals surface area (Å²) < 4.78 is 0. The molecule has 1 aromatic heterocycles. The number of hydrogen-bond acceptors (Lipinski definition) is 3. The molecule has 92 valence electrons. The first-order chi connectivity index (χ1) is 8.79. The maximum absolute atomic E-state index is 12.0. The van der Waals surface area contributed by atoms with Crippen molar-refractivity contribution in [2.45, 2.75) is 26.2 Å². The molecule has 0 saturated carbocycles. The van der Waals surface area contributed by atoms with Crippen LogP contribution in [0.5, 0.6) is 0 Å². The van der Waals surface area contributed by atoms with Gasteiger partial charge in [0.25, 0.3) is 0 Å². The van der Waals surface area contributed by atoms with Crippen molar-refractivity contribution in [1.29, 1.82) is 0 Å². The number of ketones is 1. The molecule has 1 heterocycles. The lowest BCUT2D eigenvalue weighted by molar-refractivity contribution is 0.0992. The van der Waals surface area contributed by atoms with Gasteiger partial charge in [0.2, 0.25) is 0 Å². The third kappa shape index (κ3) is 3.23. The first-order valence-electron chi connectivity index (χ1n) is 6.17. The maximum atomic E-state index is 12.0. The number of rotatable bonds is 5. The van der Waals surface area contributed by atoms with Crippen LogP contribution >= 0.6 is 0 Å². The fourth-order valence-electron chi connectivity index (χ4n) is 1.82. The van der Waals surface area contributed by atoms with Crippen LogP contribution in [0.1, 0.15) is 35.1 Å². The van der Waals surface area contributed by atoms with E-state index >= 15 is 0 Å². The van der Waals surface area contributed by atoms with Crippen LogP contribution in [0.4, 0.5) is 0 Å². The van der Waals surface area contributed by atoms with Gasteiger partial charge in [-0.15, -0.1) is 0 Å². The van der Waals surface area contributed by atoms with Crippen molar-refractivity contribution in [1.82, 2.24) is 9.97 Å². The molecular formula is C15H16N2O. The van der Waals surface area contributed by atoms with E-state index in [4.69, 9.17) is 0 Å². The van der Waals surface area contributed by atoms with Gasteiger partial charge in [-0.25, -0.2) is 9.97 Å². The average molecular weight is 240 g/mol. The van der Waals surface area contributed by atoms with E-state index < -0.39 is 0 Å². The monoisotopic (exact) mass is 240 g/mol. The quantitative estimate of drug-likeness (QED) is 0.755. The molecule has 18 heavy (non-hydrogen) atoms. The lowest BCUT2D eigenvalue weighted by Crippen LogP contribution is -2.06. The van der Waals surface area contributed by atoms with Crippen LogP contribution in [0.2, 0.25) is 0 Å². The van der Waals surface area contributed by atoms with E-state index in [0.29, 0.717) is 6.42 Å². The number of carbonyl (C=O) groups is 1. The minimum absolute atomic E-state index is 0.0942. The van der Waals surface area contributed by atoms with Gasteiger partial charge in [0.1, 0.15) is 6.33 Å². The zero-order valence-electron chi connectivity index (χ0n) is 10.5. The summed E-state index contributed by atoms with van der Waals surface area (Å²) >= 11 is 0. The Morgan fingerprint density at radius 1 is 1.11 bits per heavy atom. The molecule has 0 spiro atoms. The van der Waals surface area contributed by atoms with Crippen molar-refractivity contribution >= 4 is 5.78 Å². The zero-order chi connectivity index (χ0) is 12.8. The Morgan fingerprint density at radius 3 is 2.56 bits per heavy atom. The van der Waals surface area contributed by atoms with E-state index in [2.05, 4.69) is 16.9 Å². The first kappa shape index (κ1) is 12.4. The molecule has 2 rings (SSSR count). The Hall–Kier alpha value is -2.03. The average Bonchev–Trinajstić information content (AvgIpc) is 2.40. The number of aryl methyl sites for hydroxylation is 1. The third-order valence-electron chi connectivity index (χ3n) is 2.72. The standard InChI is InChI=1S/C15H16N2O/c1-2-6-13-9-14(17-11-16-13)10-15(18)12-7-4-3-5-8-12/h3-5,7-9,11H,2,6,10H2,1H3. The van der Waals surface area contributed by atoms with Crippen LogP contribution in [0, 0.1) is 0 Å². The van der Waals surface area contributed by atoms with Gasteiger partial charge in [-0.3, -0.25) is 4.79 Å². The highest BCUT2D eigenvalue weighted by Gasteiger charge is 2.08. The second-order valence-electron chi connectivity index (χ2n) is 4.22. The molecule has 0 saturated heterocycles. The Balaban J connectivity index is 2.10. The van der Waals surface area contributed by atoms with Gasteiger partial charge in [0, 0.05) is 11.3 Å². The van der Waals surface area contributed by atoms with Gasteiger partial charge < -0.3 is 0 Å². The molecule has 0 aliphatic carbocycles. The van der Waals surface area contributed by atoms with Crippen LogP contribution in [-0.4, -0.2) is 15.8 Å². The van der Waals surface area contributed by atoms with Crippen molar-refractivity contribution in [2.24, 2.45) is 0 Å². The number of hydrogen-bond donors (Lipinski definition) is 0. The Labute approximate surface area is 107 Å². The van der Waals surface area contributed by atoms with Gasteiger partial charge >= 0.3 is 0 Å². The number of nitrogens with zero attached hydrogens (tertiary/aromatic N) is 2. The summed E-state index contributed by atoms with van der Waals surface area (Å²) in [7, 11) is 0. The first-order valence-corrected chi connectivity index (χ1v) is 6.17. The van der Waals surface area contributed by atoms with Crippen LogP contribution in [0.3, 0.4) is 0 Å². The lowest BCUT2D eigenvalue weighted by atomic mass is 10.1. The Morgan fingerprint density at radius 2 is 1.83 bits per heavy atom. The van der Waals surface area contributed by atoms with E-state index in [1.54, 1.807) is 6.33 Å². The van der Waals surface area contributed by atoms with E-state index in [9.17, 15) is 4.79 Å². The van der Waals surface area contributed by atoms with Crippen LogP contribution in [-0.2, 0) is 12.8 Å². The number of carbonyl (C=O) groups excluding carboxylic acids is 1. The summed E-state index contributed by atoms with van der Waals surface area (Å²) in [6.07, 6.45) is 3.85. The van der Waals surface area contributed by atoms with E-state index in [0.717, 1.165) is 29.8 Å². The summed E-state index contributed by atoms with van der Waals surface area (Å²) in [4.78, 5) is 20.4. The fraction of sp³-hybridized carbons (Fsp3) is 0.267. The third-order valence-corrected chi connectivity index (χ3v) is 2.72. The second-order valence-corrected chi connectivity index (χ2v) is 4.22. The fourth-order valence-corrected chi connectivity index (χ4v) is 1.82. The smallest absolute Gasteiger partial charge is 0.168 e. The molecule has 0 N–H and O–H groups in total. The lowest BCUT2D eigenvalue weighted by Gasteiger charge is -2.02. The minimum Gasteiger partial charge on any atom is -0.294 e. The molecular weight excluding hydrogens is 224 g/mol. The van der Waals surface area contributed by atoms with E-state index in [1.807, 2.05) is 36.4 Å². The predicted octanol–water partition coefficient (Wildman–Crippen LogP) is 2.85. The SMILES string of the molecule is CCCc1cc(CC(=O)c2ccccc2)ncn1. The Kier molecular flexibility index (Phi) is 4.18. The van der Waals surface area contributed by atoms with E-state index in [1.165, 1.54) is 0 Å². The molecule has 0 radical (unpaired) electrons. The summed E-state index contributed by atoms with van der Waals surface area (Å²) in [5, 5.41) is 0. The Bertz CT molecular complexity index is 523. The van der Waals surface area contributed by atoms with Crippen LogP contribution in [0.15, 0.2) is 42.7 Å². The molecule has 0 aliphatic heterocycles. The minimum atomic E-state index is 0.0942. The van der Waals surface area contributed by atoms with Gasteiger partial charge in [-0.2, -0.15) is 0 Å². The van der Waals surface area contributed by atoms with Gasteiger partial charge in [-0.05, 0) is 12.5 Å². The van der Waals surface area contributed by atoms with Crippen molar-refractivity contribution in [3.63, 3.8) is 0 Å². The zero-order valence-corrected chi connectivity index (χ0v) is 10.5. The van der Waals surface area contributed by atoms with Gasteiger partial charge in [0.15, 0.2) is 5.78 Å². The normalized spacial score (nSPS) is 10.3. The second kappa shape index (κ2) is 6.05. The van der Waals surface area contributed by atoms with Gasteiger partial charge in [0.05, 0.1) is 12.1 Å². The highest BCUT2D eigenvalue weighted by molar-refractivity contribution is 5.97. The van der Waals surface area contributed by atoms with Crippen molar-refractivity contribution in [3.8, 4) is 0 Å². The molecule has 1 aromatic carbocycles. The molecule has 0 atom stereocenters. The molecule has 3 heteroatoms. The molecule has 2 aromatic rings. The van der Waals surface area contributed by atoms with Gasteiger partial charge in [-0.1, -0.05) is 43.7 Å². The number of Topliss-reactive ketones (excluding diaryl/α,β-unsaturated/α-hetero) is 1. The number of aromatic nitrogens is 2. The van der Waals surface area contributed by atoms with E-state index in [-0.39, 0.29) is 5.78 Å². The summed E-state index contributed by atoms with van der Waals surface area (Å²) in [6, 6.07) is 11.2. The molecule has 0 amide bonds. The van der Waals surface area contributed by atoms with Crippen molar-refractivity contribution < 1.29 is 4.79 Å². The summed E-state index contributed by atoms with van der Waals surface area (Å²) in [6.45, 7) is 2.11. The molecule has 0 unspecified atom stereocenters. The molecule has 0 bridgehead atoms. The van der Waals surface area contributed by atoms with Crippen molar-refractivity contribution in [3.05, 3.63) is 59.7 Å².